The Balaban J connectivity index is 2.62. The number of halogens is 2. The van der Waals surface area contributed by atoms with Gasteiger partial charge in [-0.1, -0.05) is 12.1 Å². The lowest BCUT2D eigenvalue weighted by atomic mass is 10.1. The van der Waals surface area contributed by atoms with Crippen LogP contribution in [-0.4, -0.2) is 18.1 Å². The number of rotatable bonds is 5. The summed E-state index contributed by atoms with van der Waals surface area (Å²) in [6, 6.07) is 6.51. The molecular weight excluding hydrogens is 202 g/mol. The van der Waals surface area contributed by atoms with E-state index in [-0.39, 0.29) is 0 Å². The van der Waals surface area contributed by atoms with Crippen LogP contribution in [0.2, 0.25) is 0 Å². The Bertz CT molecular complexity index is 285. The summed E-state index contributed by atoms with van der Waals surface area (Å²) in [6.45, 7) is 2.42. The van der Waals surface area contributed by atoms with E-state index in [2.05, 4.69) is 0 Å². The summed E-state index contributed by atoms with van der Waals surface area (Å²) < 4.78 is 29.2. The summed E-state index contributed by atoms with van der Waals surface area (Å²) in [4.78, 5) is 0. The highest BCUT2D eigenvalue weighted by molar-refractivity contribution is 5.28. The molecule has 0 radical (unpaired) electrons. The zero-order valence-corrected chi connectivity index (χ0v) is 8.49. The highest BCUT2D eigenvalue weighted by Gasteiger charge is 2.13. The van der Waals surface area contributed by atoms with Gasteiger partial charge in [0.15, 0.2) is 0 Å². The summed E-state index contributed by atoms with van der Waals surface area (Å²) in [7, 11) is 0. The fraction of sp³-hybridized carbons (Fsp3) is 0.455. The monoisotopic (exact) mass is 216 g/mol. The molecule has 0 spiro atoms. The summed E-state index contributed by atoms with van der Waals surface area (Å²) in [5, 5.41) is 9.39. The van der Waals surface area contributed by atoms with E-state index >= 15 is 0 Å². The van der Waals surface area contributed by atoms with Crippen LogP contribution in [-0.2, 0) is 0 Å². The van der Waals surface area contributed by atoms with Crippen molar-refractivity contribution in [3.05, 3.63) is 29.8 Å². The maximum Gasteiger partial charge on any atom is 0.241 e. The van der Waals surface area contributed by atoms with Gasteiger partial charge in [-0.2, -0.15) is 0 Å². The van der Waals surface area contributed by atoms with Crippen molar-refractivity contribution in [1.29, 1.82) is 0 Å². The molecule has 0 aliphatic rings. The van der Waals surface area contributed by atoms with Gasteiger partial charge in [0.05, 0.1) is 12.7 Å². The van der Waals surface area contributed by atoms with E-state index in [1.54, 1.807) is 24.3 Å². The van der Waals surface area contributed by atoms with Crippen LogP contribution in [0.5, 0.6) is 5.75 Å². The number of benzene rings is 1. The molecule has 1 rings (SSSR count). The predicted molar refractivity (Wildman–Crippen MR) is 53.2 cm³/mol. The van der Waals surface area contributed by atoms with Crippen LogP contribution in [0.3, 0.4) is 0 Å². The van der Waals surface area contributed by atoms with E-state index in [1.165, 1.54) is 0 Å². The molecule has 84 valence electrons. The van der Waals surface area contributed by atoms with Crippen LogP contribution in [0.25, 0.3) is 0 Å². The maximum atomic E-state index is 12.0. The minimum atomic E-state index is -2.49. The molecule has 2 nitrogen and oxygen atoms in total. The summed E-state index contributed by atoms with van der Waals surface area (Å²) in [5.41, 5.74) is 0.485. The second kappa shape index (κ2) is 5.66. The van der Waals surface area contributed by atoms with Crippen molar-refractivity contribution in [2.75, 3.05) is 6.61 Å². The number of ether oxygens (including phenoxy) is 1. The van der Waals surface area contributed by atoms with Gasteiger partial charge in [0.2, 0.25) is 6.43 Å². The van der Waals surface area contributed by atoms with E-state index in [0.717, 1.165) is 0 Å². The normalized spacial score (nSPS) is 12.9. The van der Waals surface area contributed by atoms with E-state index in [9.17, 15) is 13.9 Å². The smallest absolute Gasteiger partial charge is 0.241 e. The van der Waals surface area contributed by atoms with Crippen LogP contribution < -0.4 is 4.74 Å². The summed E-state index contributed by atoms with van der Waals surface area (Å²) in [6.07, 6.45) is -4.14. The van der Waals surface area contributed by atoms with Gasteiger partial charge in [0.25, 0.3) is 0 Å². The van der Waals surface area contributed by atoms with Crippen molar-refractivity contribution >= 4 is 0 Å². The average molecular weight is 216 g/mol. The molecule has 0 aliphatic heterocycles. The zero-order valence-electron chi connectivity index (χ0n) is 8.49. The highest BCUT2D eigenvalue weighted by atomic mass is 19.3. The van der Waals surface area contributed by atoms with Crippen LogP contribution in [0.4, 0.5) is 8.78 Å². The first kappa shape index (κ1) is 11.9. The van der Waals surface area contributed by atoms with E-state index in [0.29, 0.717) is 17.9 Å². The number of aliphatic hydroxyl groups excluding tert-OH is 1. The largest absolute Gasteiger partial charge is 0.494 e. The fourth-order valence-corrected chi connectivity index (χ4v) is 1.26. The number of hydrogen-bond donors (Lipinski definition) is 1. The third-order valence-corrected chi connectivity index (χ3v) is 1.98. The minimum Gasteiger partial charge on any atom is -0.494 e. The second-order valence-corrected chi connectivity index (χ2v) is 3.14. The molecule has 1 atom stereocenters. The molecule has 0 aromatic heterocycles. The standard InChI is InChI=1S/C11H14F2O2/c1-2-15-9-5-3-8(4-6-9)10(14)7-11(12)13/h3-6,10-11,14H,2,7H2,1H3. The van der Waals surface area contributed by atoms with E-state index in [4.69, 9.17) is 4.74 Å². The summed E-state index contributed by atoms with van der Waals surface area (Å²) >= 11 is 0. The lowest BCUT2D eigenvalue weighted by Gasteiger charge is -2.11. The van der Waals surface area contributed by atoms with Crippen LogP contribution in [0, 0.1) is 0 Å². The van der Waals surface area contributed by atoms with E-state index < -0.39 is 19.0 Å². The quantitative estimate of drug-likeness (QED) is 0.820. The Labute approximate surface area is 87.5 Å². The van der Waals surface area contributed by atoms with Crippen molar-refractivity contribution in [2.24, 2.45) is 0 Å². The van der Waals surface area contributed by atoms with Crippen molar-refractivity contribution < 1.29 is 18.6 Å². The average Bonchev–Trinajstić information content (AvgIpc) is 2.18. The molecule has 1 unspecified atom stereocenters. The van der Waals surface area contributed by atoms with Crippen molar-refractivity contribution in [2.45, 2.75) is 25.9 Å². The van der Waals surface area contributed by atoms with Crippen molar-refractivity contribution in [1.82, 2.24) is 0 Å². The Morgan fingerprint density at radius 1 is 1.27 bits per heavy atom. The Kier molecular flexibility index (Phi) is 4.49. The molecule has 0 aliphatic carbocycles. The van der Waals surface area contributed by atoms with Gasteiger partial charge in [0.1, 0.15) is 5.75 Å². The predicted octanol–water partition coefficient (Wildman–Crippen LogP) is 2.77. The first-order valence-corrected chi connectivity index (χ1v) is 4.82. The highest BCUT2D eigenvalue weighted by Crippen LogP contribution is 2.22. The maximum absolute atomic E-state index is 12.0. The molecule has 1 aromatic rings. The second-order valence-electron chi connectivity index (χ2n) is 3.14. The number of hydrogen-bond acceptors (Lipinski definition) is 2. The molecule has 0 fully saturated rings. The SMILES string of the molecule is CCOc1ccc(C(O)CC(F)F)cc1. The molecule has 4 heteroatoms. The Morgan fingerprint density at radius 2 is 1.87 bits per heavy atom. The van der Waals surface area contributed by atoms with Gasteiger partial charge < -0.3 is 9.84 Å². The molecule has 0 amide bonds. The van der Waals surface area contributed by atoms with Crippen LogP contribution in [0.1, 0.15) is 25.0 Å². The van der Waals surface area contributed by atoms with Crippen LogP contribution in [0.15, 0.2) is 24.3 Å². The van der Waals surface area contributed by atoms with Gasteiger partial charge in [-0.15, -0.1) is 0 Å². The lowest BCUT2D eigenvalue weighted by Crippen LogP contribution is -2.03. The molecule has 1 aromatic carbocycles. The van der Waals surface area contributed by atoms with Gasteiger partial charge in [0, 0.05) is 6.42 Å². The van der Waals surface area contributed by atoms with Crippen molar-refractivity contribution in [3.63, 3.8) is 0 Å². The van der Waals surface area contributed by atoms with Gasteiger partial charge in [-0.25, -0.2) is 8.78 Å². The molecule has 0 saturated heterocycles. The number of aliphatic hydroxyl groups is 1. The third kappa shape index (κ3) is 3.83. The first-order valence-electron chi connectivity index (χ1n) is 4.82. The molecule has 0 saturated carbocycles. The third-order valence-electron chi connectivity index (χ3n) is 1.98. The molecular formula is C11H14F2O2. The summed E-state index contributed by atoms with van der Waals surface area (Å²) in [5.74, 6) is 0.672. The first-order chi connectivity index (χ1) is 7.13. The molecule has 0 heterocycles. The van der Waals surface area contributed by atoms with Crippen molar-refractivity contribution in [3.8, 4) is 5.75 Å². The molecule has 0 bridgehead atoms. The van der Waals surface area contributed by atoms with Crippen LogP contribution >= 0.6 is 0 Å². The number of alkyl halides is 2. The fourth-order valence-electron chi connectivity index (χ4n) is 1.26. The topological polar surface area (TPSA) is 29.5 Å². The minimum absolute atomic E-state index is 0.485. The van der Waals surface area contributed by atoms with Gasteiger partial charge in [-0.3, -0.25) is 0 Å². The van der Waals surface area contributed by atoms with E-state index in [1.807, 2.05) is 6.92 Å². The Hall–Kier alpha value is -1.16. The molecule has 15 heavy (non-hydrogen) atoms. The lowest BCUT2D eigenvalue weighted by molar-refractivity contribution is 0.0611. The van der Waals surface area contributed by atoms with Gasteiger partial charge >= 0.3 is 0 Å². The zero-order chi connectivity index (χ0) is 11.3. The molecule has 1 N–H and O–H groups in total. The Morgan fingerprint density at radius 3 is 2.33 bits per heavy atom. The van der Waals surface area contributed by atoms with Gasteiger partial charge in [-0.05, 0) is 24.6 Å².